The van der Waals surface area contributed by atoms with E-state index in [1.54, 1.807) is 24.3 Å². The molecule has 0 spiro atoms. The first-order valence-corrected chi connectivity index (χ1v) is 15.5. The summed E-state index contributed by atoms with van der Waals surface area (Å²) in [6.45, 7) is 10.4. The first-order chi connectivity index (χ1) is 20.3. The lowest BCUT2D eigenvalue weighted by molar-refractivity contribution is -0.384. The average Bonchev–Trinajstić information content (AvgIpc) is 3.33. The van der Waals surface area contributed by atoms with Gasteiger partial charge in [-0.3, -0.25) is 14.9 Å². The normalized spacial score (nSPS) is 17.6. The zero-order valence-corrected chi connectivity index (χ0v) is 25.3. The number of aliphatic carboxylic acids is 1. The molecular weight excluding hydrogens is 536 g/mol. The van der Waals surface area contributed by atoms with Gasteiger partial charge < -0.3 is 19.5 Å². The number of carbonyl (C=O) groups excluding carboxylic acids is 1. The number of nitro groups is 1. The number of nitro benzene ring substituents is 1. The summed E-state index contributed by atoms with van der Waals surface area (Å²) in [6.07, 6.45) is 9.38. The van der Waals surface area contributed by atoms with Crippen molar-refractivity contribution in [2.45, 2.75) is 96.5 Å². The summed E-state index contributed by atoms with van der Waals surface area (Å²) in [5.41, 5.74) is -1.51. The fourth-order valence-corrected chi connectivity index (χ4v) is 5.52. The second-order valence-electron chi connectivity index (χ2n) is 11.2. The van der Waals surface area contributed by atoms with E-state index in [2.05, 4.69) is 18.7 Å². The molecule has 0 aromatic heterocycles. The highest BCUT2D eigenvalue weighted by Crippen LogP contribution is 2.50. The van der Waals surface area contributed by atoms with Gasteiger partial charge in [0.05, 0.1) is 11.5 Å². The molecule has 230 valence electrons. The van der Waals surface area contributed by atoms with E-state index in [1.807, 2.05) is 6.92 Å². The number of ether oxygens (including phenoxy) is 2. The molecule has 0 saturated heterocycles. The average molecular weight is 583 g/mol. The molecule has 1 aliphatic heterocycles. The third kappa shape index (κ3) is 8.31. The molecule has 42 heavy (non-hydrogen) atoms. The molecule has 3 rings (SSSR count). The van der Waals surface area contributed by atoms with Crippen molar-refractivity contribution < 1.29 is 29.1 Å². The number of benzene rings is 2. The number of carbonyl (C=O) groups is 2. The maximum Gasteiger partial charge on any atom is 0.349 e. The molecule has 9 nitrogen and oxygen atoms in total. The fraction of sp³-hybridized carbons (Fsp3) is 0.576. The van der Waals surface area contributed by atoms with Gasteiger partial charge in [-0.15, -0.1) is 0 Å². The van der Waals surface area contributed by atoms with Gasteiger partial charge in [0.1, 0.15) is 17.4 Å². The van der Waals surface area contributed by atoms with Crippen LogP contribution in [0.25, 0.3) is 0 Å². The first-order valence-electron chi connectivity index (χ1n) is 15.5. The van der Waals surface area contributed by atoms with Crippen LogP contribution in [-0.4, -0.2) is 58.5 Å². The molecule has 0 bridgehead atoms. The summed E-state index contributed by atoms with van der Waals surface area (Å²) in [5.74, 6) is -2.09. The Balaban J connectivity index is 1.64. The number of nitrogens with zero attached hydrogens (tertiary/aromatic N) is 2. The van der Waals surface area contributed by atoms with Crippen LogP contribution in [0.3, 0.4) is 0 Å². The van der Waals surface area contributed by atoms with Gasteiger partial charge in [0.25, 0.3) is 5.69 Å². The lowest BCUT2D eigenvalue weighted by atomic mass is 9.76. The summed E-state index contributed by atoms with van der Waals surface area (Å²) in [4.78, 5) is 39.9. The quantitative estimate of drug-likeness (QED) is 0.0741. The van der Waals surface area contributed by atoms with Crippen molar-refractivity contribution in [2.75, 3.05) is 26.2 Å². The van der Waals surface area contributed by atoms with E-state index in [-0.39, 0.29) is 23.4 Å². The molecule has 1 N–H and O–H groups in total. The number of rotatable bonds is 20. The van der Waals surface area contributed by atoms with Crippen molar-refractivity contribution in [3.05, 3.63) is 63.7 Å². The van der Waals surface area contributed by atoms with Crippen LogP contribution in [0, 0.1) is 10.1 Å². The molecule has 2 aromatic rings. The second kappa shape index (κ2) is 16.2. The van der Waals surface area contributed by atoms with Gasteiger partial charge in [-0.05, 0) is 94.9 Å². The summed E-state index contributed by atoms with van der Waals surface area (Å²) in [5, 5.41) is 21.7. The minimum Gasteiger partial charge on any atom is -0.494 e. The summed E-state index contributed by atoms with van der Waals surface area (Å²) < 4.78 is 11.9. The summed E-state index contributed by atoms with van der Waals surface area (Å²) >= 11 is 0. The molecule has 1 aliphatic rings. The highest BCUT2D eigenvalue weighted by atomic mass is 16.6. The molecule has 0 fully saturated rings. The van der Waals surface area contributed by atoms with Crippen LogP contribution in [-0.2, 0) is 4.79 Å². The Bertz CT molecular complexity index is 1180. The fourth-order valence-electron chi connectivity index (χ4n) is 5.52. The molecule has 9 heteroatoms. The minimum atomic E-state index is -1.83. The summed E-state index contributed by atoms with van der Waals surface area (Å²) in [6, 6.07) is 10.6. The Morgan fingerprint density at radius 1 is 0.929 bits per heavy atom. The van der Waals surface area contributed by atoms with Crippen LogP contribution in [0.4, 0.5) is 5.69 Å². The Hall–Kier alpha value is -3.46. The standard InChI is InChI=1S/C33H46N2O7/c1-4-7-19-33(32(37)38)30(28-24-26(35(39)40)15-18-29(28)42-33)31(36)25-13-16-27(17-14-25)41-23-12-10-11-22-34(20-8-5-2)21-9-6-3/h13-18,24,30H,4-12,19-23H2,1-3H3,(H,37,38). The number of Topliss-reactive ketones (excluding diaryl/α,β-unsaturated/α-hetero) is 1. The van der Waals surface area contributed by atoms with E-state index in [0.29, 0.717) is 30.8 Å². The Morgan fingerprint density at radius 2 is 1.57 bits per heavy atom. The SMILES string of the molecule is CCCCN(CCCC)CCCCCOc1ccc(C(=O)C2c3cc([N+](=O)[O-])ccc3OC2(CCCC)C(=O)O)cc1. The van der Waals surface area contributed by atoms with Crippen LogP contribution in [0.5, 0.6) is 11.5 Å². The smallest absolute Gasteiger partial charge is 0.349 e. The second-order valence-corrected chi connectivity index (χ2v) is 11.2. The number of carboxylic acid groups (broad SMARTS) is 1. The van der Waals surface area contributed by atoms with Gasteiger partial charge in [-0.25, -0.2) is 4.79 Å². The lowest BCUT2D eigenvalue weighted by Crippen LogP contribution is -2.49. The molecule has 0 saturated carbocycles. The molecular formula is C33H46N2O7. The van der Waals surface area contributed by atoms with Gasteiger partial charge in [0, 0.05) is 23.3 Å². The topological polar surface area (TPSA) is 119 Å². The number of non-ortho nitro benzene ring substituents is 1. The first kappa shape index (κ1) is 33.0. The predicted molar refractivity (Wildman–Crippen MR) is 163 cm³/mol. The minimum absolute atomic E-state index is 0.105. The van der Waals surface area contributed by atoms with Gasteiger partial charge in [-0.2, -0.15) is 0 Å². The van der Waals surface area contributed by atoms with E-state index in [1.165, 1.54) is 57.0 Å². The molecule has 2 aromatic carbocycles. The zero-order chi connectivity index (χ0) is 30.5. The van der Waals surface area contributed by atoms with Crippen LogP contribution < -0.4 is 9.47 Å². The van der Waals surface area contributed by atoms with Gasteiger partial charge >= 0.3 is 5.97 Å². The number of fused-ring (bicyclic) bond motifs is 1. The Kier molecular flexibility index (Phi) is 12.8. The van der Waals surface area contributed by atoms with E-state index in [9.17, 15) is 24.8 Å². The van der Waals surface area contributed by atoms with Crippen LogP contribution in [0.15, 0.2) is 42.5 Å². The van der Waals surface area contributed by atoms with Crippen molar-refractivity contribution in [1.29, 1.82) is 0 Å². The zero-order valence-electron chi connectivity index (χ0n) is 25.3. The Labute approximate surface area is 249 Å². The third-order valence-electron chi connectivity index (χ3n) is 7.98. The molecule has 2 unspecified atom stereocenters. The van der Waals surface area contributed by atoms with Crippen LogP contribution >= 0.6 is 0 Å². The van der Waals surface area contributed by atoms with E-state index in [0.717, 1.165) is 25.8 Å². The molecule has 0 aliphatic carbocycles. The maximum atomic E-state index is 13.8. The number of carboxylic acids is 1. The van der Waals surface area contributed by atoms with Crippen LogP contribution in [0.1, 0.15) is 107 Å². The molecule has 0 amide bonds. The number of hydrogen-bond donors (Lipinski definition) is 1. The maximum absolute atomic E-state index is 13.8. The van der Waals surface area contributed by atoms with Gasteiger partial charge in [-0.1, -0.05) is 40.0 Å². The van der Waals surface area contributed by atoms with Crippen molar-refractivity contribution >= 4 is 17.4 Å². The van der Waals surface area contributed by atoms with Crippen molar-refractivity contribution in [1.82, 2.24) is 4.90 Å². The van der Waals surface area contributed by atoms with Crippen LogP contribution in [0.2, 0.25) is 0 Å². The molecule has 2 atom stereocenters. The number of ketones is 1. The van der Waals surface area contributed by atoms with E-state index in [4.69, 9.17) is 9.47 Å². The van der Waals surface area contributed by atoms with E-state index < -0.39 is 28.2 Å². The molecule has 0 radical (unpaired) electrons. The lowest BCUT2D eigenvalue weighted by Gasteiger charge is -2.29. The largest absolute Gasteiger partial charge is 0.494 e. The number of unbranched alkanes of at least 4 members (excludes halogenated alkanes) is 5. The summed E-state index contributed by atoms with van der Waals surface area (Å²) in [7, 11) is 0. The molecule has 1 heterocycles. The predicted octanol–water partition coefficient (Wildman–Crippen LogP) is 7.42. The third-order valence-corrected chi connectivity index (χ3v) is 7.98. The monoisotopic (exact) mass is 582 g/mol. The van der Waals surface area contributed by atoms with Gasteiger partial charge in [0.2, 0.25) is 5.60 Å². The highest BCUT2D eigenvalue weighted by Gasteiger charge is 2.57. The van der Waals surface area contributed by atoms with Gasteiger partial charge in [0.15, 0.2) is 5.78 Å². The number of hydrogen-bond acceptors (Lipinski definition) is 7. The highest BCUT2D eigenvalue weighted by molar-refractivity contribution is 6.06. The van der Waals surface area contributed by atoms with Crippen molar-refractivity contribution in [3.8, 4) is 11.5 Å². The van der Waals surface area contributed by atoms with E-state index >= 15 is 0 Å². The van der Waals surface area contributed by atoms with Crippen molar-refractivity contribution in [3.63, 3.8) is 0 Å². The Morgan fingerprint density at radius 3 is 2.17 bits per heavy atom. The van der Waals surface area contributed by atoms with Crippen molar-refractivity contribution in [2.24, 2.45) is 0 Å².